The fourth-order valence-electron chi connectivity index (χ4n) is 4.64. The van der Waals surface area contributed by atoms with Gasteiger partial charge in [0.15, 0.2) is 5.43 Å². The molecule has 1 aromatic heterocycles. The topological polar surface area (TPSA) is 59.8 Å². The van der Waals surface area contributed by atoms with Crippen molar-refractivity contribution in [1.82, 2.24) is 0 Å². The maximum Gasteiger partial charge on any atom is 0.295 e. The van der Waals surface area contributed by atoms with E-state index in [1.165, 1.54) is 0 Å². The third-order valence-electron chi connectivity index (χ3n) is 6.29. The standard InChI is InChI=1S/C30H20BrNO4/c31-21-11-7-12-22(17-21)32-27(20-10-6-13-23(16-20)35-18-19-8-2-1-3-9-19)26-28(33)24-14-4-5-15-25(24)36-29(26)30(32)34/h1-17,27H,18H2. The number of anilines is 1. The number of benzene rings is 4. The smallest absolute Gasteiger partial charge is 0.295 e. The minimum absolute atomic E-state index is 0.0688. The van der Waals surface area contributed by atoms with E-state index in [-0.39, 0.29) is 17.1 Å². The summed E-state index contributed by atoms with van der Waals surface area (Å²) in [6, 6.07) is 31.2. The van der Waals surface area contributed by atoms with E-state index < -0.39 is 6.04 Å². The Labute approximate surface area is 215 Å². The van der Waals surface area contributed by atoms with Crippen molar-refractivity contribution >= 4 is 38.5 Å². The predicted octanol–water partition coefficient (Wildman–Crippen LogP) is 6.88. The van der Waals surface area contributed by atoms with Gasteiger partial charge in [0.2, 0.25) is 5.76 Å². The van der Waals surface area contributed by atoms with Crippen LogP contribution in [0.2, 0.25) is 0 Å². The molecule has 36 heavy (non-hydrogen) atoms. The van der Waals surface area contributed by atoms with Crippen LogP contribution in [0.3, 0.4) is 0 Å². The number of nitrogens with zero attached hydrogens (tertiary/aromatic N) is 1. The van der Waals surface area contributed by atoms with Gasteiger partial charge in [-0.25, -0.2) is 0 Å². The van der Waals surface area contributed by atoms with Gasteiger partial charge in [-0.3, -0.25) is 14.5 Å². The number of fused-ring (bicyclic) bond motifs is 2. The zero-order valence-electron chi connectivity index (χ0n) is 19.1. The second-order valence-corrected chi connectivity index (χ2v) is 9.49. The van der Waals surface area contributed by atoms with Gasteiger partial charge in [-0.2, -0.15) is 0 Å². The van der Waals surface area contributed by atoms with Gasteiger partial charge in [0.05, 0.1) is 17.0 Å². The van der Waals surface area contributed by atoms with Crippen LogP contribution < -0.4 is 15.1 Å². The lowest BCUT2D eigenvalue weighted by molar-refractivity contribution is 0.0971. The van der Waals surface area contributed by atoms with Crippen LogP contribution in [0.4, 0.5) is 5.69 Å². The van der Waals surface area contributed by atoms with E-state index in [1.807, 2.05) is 78.9 Å². The normalized spacial score (nSPS) is 14.8. The first-order chi connectivity index (χ1) is 17.6. The number of carbonyl (C=O) groups is 1. The number of amides is 1. The van der Waals surface area contributed by atoms with Crippen LogP contribution in [-0.4, -0.2) is 5.91 Å². The molecule has 1 aliphatic heterocycles. The zero-order chi connectivity index (χ0) is 24.6. The lowest BCUT2D eigenvalue weighted by atomic mass is 9.98. The summed E-state index contributed by atoms with van der Waals surface area (Å²) in [6.07, 6.45) is 0. The molecule has 4 aromatic carbocycles. The maximum absolute atomic E-state index is 13.7. The highest BCUT2D eigenvalue weighted by atomic mass is 79.9. The molecule has 0 fully saturated rings. The van der Waals surface area contributed by atoms with Crippen molar-refractivity contribution in [2.24, 2.45) is 0 Å². The molecular formula is C30H20BrNO4. The third kappa shape index (κ3) is 3.89. The molecule has 1 aliphatic rings. The summed E-state index contributed by atoms with van der Waals surface area (Å²) in [5.74, 6) is 0.363. The van der Waals surface area contributed by atoms with Crippen molar-refractivity contribution in [1.29, 1.82) is 0 Å². The number of carbonyl (C=O) groups excluding carboxylic acids is 1. The van der Waals surface area contributed by atoms with Crippen molar-refractivity contribution in [3.05, 3.63) is 140 Å². The molecule has 6 rings (SSSR count). The Morgan fingerprint density at radius 1 is 0.833 bits per heavy atom. The summed E-state index contributed by atoms with van der Waals surface area (Å²) in [5, 5.41) is 0.446. The van der Waals surface area contributed by atoms with Crippen molar-refractivity contribution in [3.63, 3.8) is 0 Å². The van der Waals surface area contributed by atoms with Gasteiger partial charge in [0.1, 0.15) is 17.9 Å². The van der Waals surface area contributed by atoms with Gasteiger partial charge in [0, 0.05) is 10.2 Å². The van der Waals surface area contributed by atoms with Gasteiger partial charge in [-0.15, -0.1) is 0 Å². The Kier molecular flexibility index (Phi) is 5.66. The van der Waals surface area contributed by atoms with E-state index in [2.05, 4.69) is 15.9 Å². The highest BCUT2D eigenvalue weighted by Crippen LogP contribution is 2.42. The lowest BCUT2D eigenvalue weighted by Gasteiger charge is -2.25. The number of hydrogen-bond donors (Lipinski definition) is 0. The third-order valence-corrected chi connectivity index (χ3v) is 6.78. The maximum atomic E-state index is 13.7. The second kappa shape index (κ2) is 9.13. The molecule has 6 heteroatoms. The minimum atomic E-state index is -0.664. The van der Waals surface area contributed by atoms with E-state index in [9.17, 15) is 9.59 Å². The molecule has 2 heterocycles. The fraction of sp³-hybridized carbons (Fsp3) is 0.0667. The van der Waals surface area contributed by atoms with Gasteiger partial charge in [-0.05, 0) is 53.6 Å². The highest BCUT2D eigenvalue weighted by Gasteiger charge is 2.43. The number of para-hydroxylation sites is 1. The predicted molar refractivity (Wildman–Crippen MR) is 142 cm³/mol. The quantitative estimate of drug-likeness (QED) is 0.245. The number of ether oxygens (including phenoxy) is 1. The monoisotopic (exact) mass is 537 g/mol. The van der Waals surface area contributed by atoms with Crippen LogP contribution in [0, 0.1) is 0 Å². The number of hydrogen-bond acceptors (Lipinski definition) is 4. The van der Waals surface area contributed by atoms with Crippen LogP contribution in [-0.2, 0) is 6.61 Å². The summed E-state index contributed by atoms with van der Waals surface area (Å²) in [4.78, 5) is 29.1. The Morgan fingerprint density at radius 3 is 2.44 bits per heavy atom. The van der Waals surface area contributed by atoms with Gasteiger partial charge in [-0.1, -0.05) is 76.6 Å². The van der Waals surface area contributed by atoms with E-state index >= 15 is 0 Å². The molecule has 0 saturated heterocycles. The van der Waals surface area contributed by atoms with Crippen molar-refractivity contribution < 1.29 is 13.9 Å². The highest BCUT2D eigenvalue weighted by molar-refractivity contribution is 9.10. The molecule has 0 radical (unpaired) electrons. The van der Waals surface area contributed by atoms with Crippen molar-refractivity contribution in [2.75, 3.05) is 4.90 Å². The summed E-state index contributed by atoms with van der Waals surface area (Å²) < 4.78 is 12.9. The lowest BCUT2D eigenvalue weighted by Crippen LogP contribution is -2.29. The Hall–Kier alpha value is -4.16. The largest absolute Gasteiger partial charge is 0.489 e. The van der Waals surface area contributed by atoms with Gasteiger partial charge in [0.25, 0.3) is 5.91 Å². The van der Waals surface area contributed by atoms with E-state index in [1.54, 1.807) is 29.2 Å². The molecule has 1 atom stereocenters. The average Bonchev–Trinajstić information content (AvgIpc) is 3.21. The summed E-state index contributed by atoms with van der Waals surface area (Å²) in [6.45, 7) is 0.409. The molecule has 1 unspecified atom stereocenters. The molecule has 5 aromatic rings. The Balaban J connectivity index is 1.49. The van der Waals surface area contributed by atoms with Crippen LogP contribution in [0.5, 0.6) is 5.75 Å². The molecule has 0 N–H and O–H groups in total. The second-order valence-electron chi connectivity index (χ2n) is 8.57. The molecule has 5 nitrogen and oxygen atoms in total. The number of rotatable bonds is 5. The van der Waals surface area contributed by atoms with E-state index in [0.717, 1.165) is 15.6 Å². The summed E-state index contributed by atoms with van der Waals surface area (Å²) in [7, 11) is 0. The van der Waals surface area contributed by atoms with Crippen LogP contribution >= 0.6 is 15.9 Å². The molecule has 176 valence electrons. The molecule has 1 amide bonds. The zero-order valence-corrected chi connectivity index (χ0v) is 20.6. The van der Waals surface area contributed by atoms with Crippen molar-refractivity contribution in [3.8, 4) is 5.75 Å². The van der Waals surface area contributed by atoms with Crippen molar-refractivity contribution in [2.45, 2.75) is 12.6 Å². The van der Waals surface area contributed by atoms with Gasteiger partial charge >= 0.3 is 0 Å². The van der Waals surface area contributed by atoms with Crippen LogP contribution in [0.1, 0.15) is 33.3 Å². The van der Waals surface area contributed by atoms with Crippen LogP contribution in [0.25, 0.3) is 11.0 Å². The molecular weight excluding hydrogens is 518 g/mol. The minimum Gasteiger partial charge on any atom is -0.489 e. The number of halogens is 1. The first kappa shape index (κ1) is 22.3. The Morgan fingerprint density at radius 2 is 1.61 bits per heavy atom. The SMILES string of the molecule is O=C1c2oc3ccccc3c(=O)c2C(c2cccc(OCc3ccccc3)c2)N1c1cccc(Br)c1. The molecule has 0 spiro atoms. The van der Waals surface area contributed by atoms with E-state index in [4.69, 9.17) is 9.15 Å². The van der Waals surface area contributed by atoms with Gasteiger partial charge < -0.3 is 9.15 Å². The van der Waals surface area contributed by atoms with E-state index in [0.29, 0.717) is 34.6 Å². The first-order valence-electron chi connectivity index (χ1n) is 11.5. The Bertz CT molecular complexity index is 1660. The fourth-order valence-corrected chi connectivity index (χ4v) is 5.03. The molecule has 0 bridgehead atoms. The molecule has 0 aliphatic carbocycles. The molecule has 0 saturated carbocycles. The summed E-state index contributed by atoms with van der Waals surface area (Å²) in [5.41, 5.74) is 2.98. The first-order valence-corrected chi connectivity index (χ1v) is 12.3. The average molecular weight is 538 g/mol. The van der Waals surface area contributed by atoms with Crippen LogP contribution in [0.15, 0.2) is 117 Å². The summed E-state index contributed by atoms with van der Waals surface area (Å²) >= 11 is 3.50.